The number of hydrogen-bond donors (Lipinski definition) is 0. The van der Waals surface area contributed by atoms with Crippen LogP contribution < -0.4 is 5.56 Å². The van der Waals surface area contributed by atoms with Gasteiger partial charge >= 0.3 is 0 Å². The molecule has 0 aliphatic heterocycles. The van der Waals surface area contributed by atoms with Crippen molar-refractivity contribution in [3.05, 3.63) is 103 Å². The summed E-state index contributed by atoms with van der Waals surface area (Å²) < 4.78 is 4.41. The summed E-state index contributed by atoms with van der Waals surface area (Å²) >= 11 is 19.8. The maximum Gasteiger partial charge on any atom is 0.261 e. The lowest BCUT2D eigenvalue weighted by Crippen LogP contribution is -2.23. The maximum absolute atomic E-state index is 13.5. The molecule has 5 aromatic rings. The summed E-state index contributed by atoms with van der Waals surface area (Å²) in [4.78, 5) is 14.4. The van der Waals surface area contributed by atoms with E-state index in [1.807, 2.05) is 65.1 Å². The number of halogens is 2. The average molecular weight is 469 g/mol. The van der Waals surface area contributed by atoms with Crippen LogP contribution in [0.3, 0.4) is 0 Å². The second kappa shape index (κ2) is 7.67. The molecule has 0 saturated carbocycles. The van der Waals surface area contributed by atoms with Crippen LogP contribution in [0.15, 0.2) is 77.6 Å². The first-order valence-electron chi connectivity index (χ1n) is 9.21. The van der Waals surface area contributed by atoms with Gasteiger partial charge in [0.15, 0.2) is 3.95 Å². The van der Waals surface area contributed by atoms with E-state index in [0.717, 1.165) is 27.2 Å². The Morgan fingerprint density at radius 3 is 2.43 bits per heavy atom. The second-order valence-electron chi connectivity index (χ2n) is 6.87. The molecule has 3 nitrogen and oxygen atoms in total. The molecule has 0 atom stereocenters. The molecule has 2 aromatic heterocycles. The third-order valence-electron chi connectivity index (χ3n) is 5.02. The summed E-state index contributed by atoms with van der Waals surface area (Å²) in [5.74, 6) is 0. The maximum atomic E-state index is 13.5. The van der Waals surface area contributed by atoms with Gasteiger partial charge in [-0.3, -0.25) is 13.8 Å². The lowest BCUT2D eigenvalue weighted by atomic mass is 10.1. The minimum atomic E-state index is -0.0615. The molecule has 0 aliphatic carbocycles. The average Bonchev–Trinajstić information content (AvgIpc) is 3.09. The Kier molecular flexibility index (Phi) is 4.99. The fourth-order valence-corrected chi connectivity index (χ4v) is 5.70. The summed E-state index contributed by atoms with van der Waals surface area (Å²) in [5, 5.41) is 1.71. The molecule has 0 radical (unpaired) electrons. The van der Waals surface area contributed by atoms with Crippen LogP contribution in [0.5, 0.6) is 0 Å². The first kappa shape index (κ1) is 19.5. The fourth-order valence-electron chi connectivity index (χ4n) is 3.68. The second-order valence-corrected chi connectivity index (χ2v) is 9.36. The summed E-state index contributed by atoms with van der Waals surface area (Å²) in [5.41, 5.74) is 3.30. The van der Waals surface area contributed by atoms with Gasteiger partial charge in [0.25, 0.3) is 5.56 Å². The summed E-state index contributed by atoms with van der Waals surface area (Å²) in [6.45, 7) is 0.428. The summed E-state index contributed by atoms with van der Waals surface area (Å²) in [6, 6.07) is 22.8. The van der Waals surface area contributed by atoms with Crippen molar-refractivity contribution in [1.29, 1.82) is 0 Å². The number of benzene rings is 3. The van der Waals surface area contributed by atoms with Gasteiger partial charge in [-0.1, -0.05) is 71.7 Å². The number of aromatic nitrogens is 2. The molecule has 0 spiro atoms. The lowest BCUT2D eigenvalue weighted by molar-refractivity contribution is 0.781. The highest BCUT2D eigenvalue weighted by molar-refractivity contribution is 7.73. The molecule has 0 aliphatic rings. The molecule has 0 bridgehead atoms. The van der Waals surface area contributed by atoms with E-state index in [2.05, 4.69) is 0 Å². The Balaban J connectivity index is 1.94. The third-order valence-corrected chi connectivity index (χ3v) is 6.97. The van der Waals surface area contributed by atoms with E-state index in [0.29, 0.717) is 25.9 Å². The topological polar surface area (TPSA) is 26.4 Å². The van der Waals surface area contributed by atoms with Gasteiger partial charge in [0.1, 0.15) is 5.65 Å². The molecule has 2 heterocycles. The van der Waals surface area contributed by atoms with Crippen LogP contribution in [0.2, 0.25) is 10.0 Å². The highest BCUT2D eigenvalue weighted by Gasteiger charge is 2.20. The number of nitrogens with zero attached hydrogens (tertiary/aromatic N) is 2. The van der Waals surface area contributed by atoms with Crippen molar-refractivity contribution >= 4 is 63.3 Å². The molecule has 0 saturated heterocycles. The summed E-state index contributed by atoms with van der Waals surface area (Å²) in [7, 11) is 0. The van der Waals surface area contributed by atoms with Crippen LogP contribution in [-0.4, -0.2) is 8.97 Å². The van der Waals surface area contributed by atoms with Crippen molar-refractivity contribution in [2.75, 3.05) is 0 Å². The zero-order valence-corrected chi connectivity index (χ0v) is 18.7. The van der Waals surface area contributed by atoms with Crippen LogP contribution >= 0.6 is 46.8 Å². The van der Waals surface area contributed by atoms with Gasteiger partial charge in [0.2, 0.25) is 0 Å². The predicted octanol–water partition coefficient (Wildman–Crippen LogP) is 7.07. The Morgan fingerprint density at radius 2 is 1.67 bits per heavy atom. The zero-order chi connectivity index (χ0) is 20.8. The number of fused-ring (bicyclic) bond motifs is 3. The van der Waals surface area contributed by atoms with Crippen molar-refractivity contribution in [3.63, 3.8) is 0 Å². The van der Waals surface area contributed by atoms with E-state index in [-0.39, 0.29) is 5.56 Å². The Labute approximate surface area is 191 Å². The molecule has 0 unspecified atom stereocenters. The van der Waals surface area contributed by atoms with E-state index in [4.69, 9.17) is 35.4 Å². The quantitative estimate of drug-likeness (QED) is 0.264. The molecule has 30 heavy (non-hydrogen) atoms. The van der Waals surface area contributed by atoms with E-state index >= 15 is 0 Å². The molecular weight excluding hydrogens is 455 g/mol. The van der Waals surface area contributed by atoms with E-state index in [1.165, 1.54) is 11.3 Å². The Bertz CT molecular complexity index is 1530. The standard InChI is InChI=1S/C23H14Cl2N2OS2/c24-15-10-11-16(18(25)12-15)20-21-26(13-14-6-2-1-3-7-14)22(28)17-8-4-5-9-19(17)27(21)23(29)30-20/h1-12H,13H2. The Hall–Kier alpha value is -2.44. The van der Waals surface area contributed by atoms with Gasteiger partial charge in [-0.2, -0.15) is 0 Å². The van der Waals surface area contributed by atoms with Gasteiger partial charge in [-0.25, -0.2) is 0 Å². The molecule has 5 rings (SSSR count). The monoisotopic (exact) mass is 468 g/mol. The zero-order valence-electron chi connectivity index (χ0n) is 15.5. The minimum absolute atomic E-state index is 0.0615. The number of rotatable bonds is 3. The molecule has 0 fully saturated rings. The lowest BCUT2D eigenvalue weighted by Gasteiger charge is -2.14. The SMILES string of the molecule is O=c1c2ccccc2n2c(=S)sc(-c3ccc(Cl)cc3Cl)c2n1Cc1ccccc1. The highest BCUT2D eigenvalue weighted by Crippen LogP contribution is 2.38. The van der Waals surface area contributed by atoms with E-state index in [1.54, 1.807) is 16.7 Å². The van der Waals surface area contributed by atoms with Crippen LogP contribution in [0.1, 0.15) is 5.56 Å². The molecule has 0 N–H and O–H groups in total. The van der Waals surface area contributed by atoms with E-state index < -0.39 is 0 Å². The van der Waals surface area contributed by atoms with Crippen LogP contribution in [0.25, 0.3) is 27.0 Å². The first-order valence-corrected chi connectivity index (χ1v) is 11.2. The van der Waals surface area contributed by atoms with Crippen molar-refractivity contribution in [3.8, 4) is 10.4 Å². The number of hydrogen-bond acceptors (Lipinski definition) is 3. The van der Waals surface area contributed by atoms with Crippen molar-refractivity contribution in [1.82, 2.24) is 8.97 Å². The van der Waals surface area contributed by atoms with Gasteiger partial charge in [-0.15, -0.1) is 11.3 Å². The molecule has 3 aromatic carbocycles. The Morgan fingerprint density at radius 1 is 0.933 bits per heavy atom. The van der Waals surface area contributed by atoms with Gasteiger partial charge in [0.05, 0.1) is 27.3 Å². The minimum Gasteiger partial charge on any atom is -0.288 e. The van der Waals surface area contributed by atoms with Crippen molar-refractivity contribution in [2.45, 2.75) is 6.54 Å². The van der Waals surface area contributed by atoms with E-state index in [9.17, 15) is 4.79 Å². The number of thiazole rings is 1. The normalized spacial score (nSPS) is 11.4. The number of para-hydroxylation sites is 1. The van der Waals surface area contributed by atoms with Crippen molar-refractivity contribution in [2.24, 2.45) is 0 Å². The van der Waals surface area contributed by atoms with Crippen molar-refractivity contribution < 1.29 is 0 Å². The largest absolute Gasteiger partial charge is 0.288 e. The molecule has 148 valence electrons. The van der Waals surface area contributed by atoms with Crippen LogP contribution in [0.4, 0.5) is 0 Å². The third kappa shape index (κ3) is 3.19. The highest BCUT2D eigenvalue weighted by atomic mass is 35.5. The van der Waals surface area contributed by atoms with Gasteiger partial charge in [0, 0.05) is 10.6 Å². The van der Waals surface area contributed by atoms with Gasteiger partial charge < -0.3 is 0 Å². The predicted molar refractivity (Wildman–Crippen MR) is 129 cm³/mol. The molecular formula is C23H14Cl2N2OS2. The smallest absolute Gasteiger partial charge is 0.261 e. The first-order chi connectivity index (χ1) is 14.5. The van der Waals surface area contributed by atoms with Crippen LogP contribution in [-0.2, 0) is 6.54 Å². The molecule has 0 amide bonds. The van der Waals surface area contributed by atoms with Crippen LogP contribution in [0, 0.1) is 3.95 Å². The fraction of sp³-hybridized carbons (Fsp3) is 0.0435. The van der Waals surface area contributed by atoms with Gasteiger partial charge in [-0.05, 0) is 42.0 Å². The summed E-state index contributed by atoms with van der Waals surface area (Å²) in [6.07, 6.45) is 0. The molecule has 7 heteroatoms.